The molecule has 0 bridgehead atoms. The molecule has 0 amide bonds. The summed E-state index contributed by atoms with van der Waals surface area (Å²) in [4.78, 5) is 0. The first-order chi connectivity index (χ1) is 10.8. The zero-order valence-electron chi connectivity index (χ0n) is 12.5. The smallest absolute Gasteiger partial charge is 0.187 e. The predicted octanol–water partition coefficient (Wildman–Crippen LogP) is -4.33. The van der Waals surface area contributed by atoms with E-state index in [9.17, 15) is 30.6 Å². The summed E-state index contributed by atoms with van der Waals surface area (Å²) in [5.74, 6) is 0. The maximum absolute atomic E-state index is 10.1. The zero-order chi connectivity index (χ0) is 17.3. The van der Waals surface area contributed by atoms with Crippen LogP contribution in [0, 0.1) is 0 Å². The minimum atomic E-state index is -1.65. The fourth-order valence-electron chi connectivity index (χ4n) is 2.76. The summed E-state index contributed by atoms with van der Waals surface area (Å²) >= 11 is 0. The van der Waals surface area contributed by atoms with Crippen molar-refractivity contribution in [2.75, 3.05) is 13.2 Å². The number of hydrogen-bond donors (Lipinski definition) is 7. The Hall–Kier alpha value is -0.400. The first-order valence-electron chi connectivity index (χ1n) is 7.40. The molecule has 0 aromatic heterocycles. The van der Waals surface area contributed by atoms with Gasteiger partial charge in [-0.15, -0.1) is 0 Å². The highest BCUT2D eigenvalue weighted by Crippen LogP contribution is 2.28. The molecule has 7 N–H and O–H groups in total. The molecule has 10 atom stereocenters. The van der Waals surface area contributed by atoms with Gasteiger partial charge in [0, 0.05) is 0 Å². The van der Waals surface area contributed by atoms with E-state index < -0.39 is 74.4 Å². The summed E-state index contributed by atoms with van der Waals surface area (Å²) in [6.45, 7) is 0.384. The Kier molecular flexibility index (Phi) is 6.30. The quantitative estimate of drug-likeness (QED) is 0.265. The molecule has 0 aliphatic carbocycles. The Morgan fingerprint density at radius 2 is 1.30 bits per heavy atom. The standard InChI is InChI=1S/C13H24O10/c1-4-7(16)12(9(18)6(3-15)21-4)23-13-11(20)10(19)8(17)5(2-14)22-13/h4-20H,2-3H2,1H3/t4?,5-,6-,7+,8-,9-,10+,11-,12-,13+/m1/s1. The van der Waals surface area contributed by atoms with Gasteiger partial charge in [-0.2, -0.15) is 0 Å². The Balaban J connectivity index is 2.11. The molecule has 1 unspecified atom stereocenters. The van der Waals surface area contributed by atoms with E-state index in [0.717, 1.165) is 0 Å². The predicted molar refractivity (Wildman–Crippen MR) is 72.1 cm³/mol. The lowest BCUT2D eigenvalue weighted by atomic mass is 9.95. The molecule has 0 aromatic rings. The van der Waals surface area contributed by atoms with Crippen LogP contribution in [0.15, 0.2) is 0 Å². The van der Waals surface area contributed by atoms with Gasteiger partial charge in [0.1, 0.15) is 48.8 Å². The lowest BCUT2D eigenvalue weighted by molar-refractivity contribution is -0.340. The van der Waals surface area contributed by atoms with Crippen LogP contribution in [-0.2, 0) is 14.2 Å². The van der Waals surface area contributed by atoms with Crippen LogP contribution in [0.3, 0.4) is 0 Å². The second-order valence-corrected chi connectivity index (χ2v) is 5.84. The van der Waals surface area contributed by atoms with Crippen molar-refractivity contribution in [3.63, 3.8) is 0 Å². The monoisotopic (exact) mass is 340 g/mol. The Morgan fingerprint density at radius 3 is 1.87 bits per heavy atom. The fourth-order valence-corrected chi connectivity index (χ4v) is 2.76. The second kappa shape index (κ2) is 7.66. The maximum Gasteiger partial charge on any atom is 0.187 e. The molecule has 2 fully saturated rings. The average molecular weight is 340 g/mol. The van der Waals surface area contributed by atoms with E-state index in [4.69, 9.17) is 19.3 Å². The Morgan fingerprint density at radius 1 is 0.739 bits per heavy atom. The van der Waals surface area contributed by atoms with Crippen molar-refractivity contribution in [3.8, 4) is 0 Å². The van der Waals surface area contributed by atoms with Crippen molar-refractivity contribution in [2.24, 2.45) is 0 Å². The van der Waals surface area contributed by atoms with Crippen LogP contribution in [0.2, 0.25) is 0 Å². The molecular weight excluding hydrogens is 316 g/mol. The topological polar surface area (TPSA) is 169 Å². The zero-order valence-corrected chi connectivity index (χ0v) is 12.5. The average Bonchev–Trinajstić information content (AvgIpc) is 2.54. The van der Waals surface area contributed by atoms with E-state index >= 15 is 0 Å². The van der Waals surface area contributed by atoms with Crippen molar-refractivity contribution in [2.45, 2.75) is 68.1 Å². The van der Waals surface area contributed by atoms with Crippen molar-refractivity contribution in [1.29, 1.82) is 0 Å². The van der Waals surface area contributed by atoms with E-state index in [-0.39, 0.29) is 0 Å². The van der Waals surface area contributed by atoms with Gasteiger partial charge in [-0.05, 0) is 6.92 Å². The SMILES string of the molecule is CC1O[C@H](CO)[C@@H](O)[C@H](O[C@@H]2O[C@H](CO)[C@@H](O)[C@H](O)[C@H]2O)[C@H]1O. The third-order valence-corrected chi connectivity index (χ3v) is 4.24. The van der Waals surface area contributed by atoms with Gasteiger partial charge in [0.15, 0.2) is 6.29 Å². The summed E-state index contributed by atoms with van der Waals surface area (Å²) in [5.41, 5.74) is 0. The largest absolute Gasteiger partial charge is 0.394 e. The van der Waals surface area contributed by atoms with E-state index in [1.54, 1.807) is 0 Å². The lowest BCUT2D eigenvalue weighted by Crippen LogP contribution is -2.64. The van der Waals surface area contributed by atoms with Gasteiger partial charge >= 0.3 is 0 Å². The highest BCUT2D eigenvalue weighted by molar-refractivity contribution is 4.94. The molecule has 2 aliphatic heterocycles. The summed E-state index contributed by atoms with van der Waals surface area (Å²) in [7, 11) is 0. The first-order valence-corrected chi connectivity index (χ1v) is 7.40. The van der Waals surface area contributed by atoms with Crippen LogP contribution in [-0.4, -0.2) is 110 Å². The summed E-state index contributed by atoms with van der Waals surface area (Å²) in [5, 5.41) is 67.9. The minimum Gasteiger partial charge on any atom is -0.394 e. The molecule has 0 radical (unpaired) electrons. The van der Waals surface area contributed by atoms with Gasteiger partial charge in [0.2, 0.25) is 0 Å². The van der Waals surface area contributed by atoms with Crippen molar-refractivity contribution >= 4 is 0 Å². The van der Waals surface area contributed by atoms with Crippen molar-refractivity contribution in [3.05, 3.63) is 0 Å². The van der Waals surface area contributed by atoms with E-state index in [0.29, 0.717) is 0 Å². The highest BCUT2D eigenvalue weighted by Gasteiger charge is 2.49. The fraction of sp³-hybridized carbons (Fsp3) is 1.00. The maximum atomic E-state index is 10.1. The minimum absolute atomic E-state index is 0.507. The molecular formula is C13H24O10. The van der Waals surface area contributed by atoms with Crippen molar-refractivity contribution in [1.82, 2.24) is 0 Å². The molecule has 23 heavy (non-hydrogen) atoms. The molecule has 0 spiro atoms. The molecule has 2 saturated heterocycles. The Bertz CT molecular complexity index is 380. The third-order valence-electron chi connectivity index (χ3n) is 4.24. The van der Waals surface area contributed by atoms with E-state index in [1.165, 1.54) is 6.92 Å². The van der Waals surface area contributed by atoms with E-state index in [2.05, 4.69) is 0 Å². The van der Waals surface area contributed by atoms with Gasteiger partial charge in [-0.3, -0.25) is 0 Å². The molecule has 0 saturated carbocycles. The lowest BCUT2D eigenvalue weighted by Gasteiger charge is -2.45. The van der Waals surface area contributed by atoms with Crippen molar-refractivity contribution < 1.29 is 50.0 Å². The van der Waals surface area contributed by atoms with Crippen LogP contribution in [0.1, 0.15) is 6.92 Å². The molecule has 2 rings (SSSR count). The molecule has 10 heteroatoms. The van der Waals surface area contributed by atoms with Crippen LogP contribution < -0.4 is 0 Å². The number of rotatable bonds is 4. The summed E-state index contributed by atoms with van der Waals surface area (Å²) in [6.07, 6.45) is -13.2. The number of ether oxygens (including phenoxy) is 3. The van der Waals surface area contributed by atoms with Gasteiger partial charge in [-0.1, -0.05) is 0 Å². The highest BCUT2D eigenvalue weighted by atomic mass is 16.7. The van der Waals surface area contributed by atoms with Gasteiger partial charge < -0.3 is 50.0 Å². The molecule has 136 valence electrons. The van der Waals surface area contributed by atoms with Crippen LogP contribution in [0.4, 0.5) is 0 Å². The van der Waals surface area contributed by atoms with Gasteiger partial charge in [-0.25, -0.2) is 0 Å². The molecule has 10 nitrogen and oxygen atoms in total. The van der Waals surface area contributed by atoms with Crippen LogP contribution >= 0.6 is 0 Å². The number of hydrogen-bond acceptors (Lipinski definition) is 10. The second-order valence-electron chi connectivity index (χ2n) is 5.84. The molecule has 0 aromatic carbocycles. The molecule has 2 aliphatic rings. The van der Waals surface area contributed by atoms with Crippen LogP contribution in [0.5, 0.6) is 0 Å². The van der Waals surface area contributed by atoms with Gasteiger partial charge in [0.25, 0.3) is 0 Å². The third kappa shape index (κ3) is 3.66. The van der Waals surface area contributed by atoms with Crippen LogP contribution in [0.25, 0.3) is 0 Å². The molecule has 2 heterocycles. The van der Waals surface area contributed by atoms with E-state index in [1.807, 2.05) is 0 Å². The van der Waals surface area contributed by atoms with Gasteiger partial charge in [0.05, 0.1) is 19.3 Å². The number of aliphatic hydroxyl groups excluding tert-OH is 7. The first kappa shape index (κ1) is 18.9. The summed E-state index contributed by atoms with van der Waals surface area (Å²) < 4.78 is 15.8. The number of aliphatic hydroxyl groups is 7. The summed E-state index contributed by atoms with van der Waals surface area (Å²) in [6, 6.07) is 0. The Labute approximate surface area is 132 Å². The normalized spacial score (nSPS) is 51.7.